The van der Waals surface area contributed by atoms with Gasteiger partial charge < -0.3 is 9.80 Å². The zero-order valence-corrected chi connectivity index (χ0v) is 46.1. The maximum absolute atomic E-state index is 2.53. The lowest BCUT2D eigenvalue weighted by molar-refractivity contribution is 0.794. The Hall–Kier alpha value is -9.84. The second-order valence-corrected chi connectivity index (χ2v) is 24.0. The third-order valence-electron chi connectivity index (χ3n) is 18.4. The summed E-state index contributed by atoms with van der Waals surface area (Å²) in [6, 6.07) is 105. The van der Waals surface area contributed by atoms with Gasteiger partial charge in [0, 0.05) is 49.5 Å². The third-order valence-corrected chi connectivity index (χ3v) is 20.3. The highest BCUT2D eigenvalue weighted by molar-refractivity contribution is 7.20. The third kappa shape index (κ3) is 6.02. The zero-order chi connectivity index (χ0) is 53.7. The highest BCUT2D eigenvalue weighted by Crippen LogP contribution is 2.65. The van der Waals surface area contributed by atoms with Crippen molar-refractivity contribution >= 4 is 77.0 Å². The molecule has 0 bridgehead atoms. The van der Waals surface area contributed by atoms with Gasteiger partial charge in [-0.2, -0.15) is 0 Å². The Morgan fingerprint density at radius 3 is 1.02 bits per heavy atom. The number of para-hydroxylation sites is 2. The smallest absolute Gasteiger partial charge is 0.0727 e. The number of rotatable bonds is 7. The summed E-state index contributed by atoms with van der Waals surface area (Å²) in [5.41, 5.74) is 29.7. The Morgan fingerprint density at radius 2 is 0.573 bits per heavy atom. The first-order chi connectivity index (χ1) is 40.7. The van der Waals surface area contributed by atoms with E-state index in [2.05, 4.69) is 300 Å². The molecule has 4 heteroatoms. The van der Waals surface area contributed by atoms with E-state index >= 15 is 0 Å². The summed E-state index contributed by atoms with van der Waals surface area (Å²) in [5, 5.41) is 7.07. The second kappa shape index (κ2) is 17.3. The van der Waals surface area contributed by atoms with Gasteiger partial charge in [-0.3, -0.25) is 0 Å². The largest absolute Gasteiger partial charge is 0.310 e. The molecule has 2 heterocycles. The van der Waals surface area contributed by atoms with E-state index in [1.165, 1.54) is 126 Å². The highest BCUT2D eigenvalue weighted by atomic mass is 32.1. The maximum atomic E-state index is 2.53. The van der Waals surface area contributed by atoms with E-state index in [0.717, 1.165) is 28.4 Å². The van der Waals surface area contributed by atoms with Crippen LogP contribution in [0.5, 0.6) is 0 Å². The van der Waals surface area contributed by atoms with Gasteiger partial charge in [0.2, 0.25) is 0 Å². The maximum Gasteiger partial charge on any atom is 0.0727 e. The van der Waals surface area contributed by atoms with Crippen LogP contribution in [0.2, 0.25) is 0 Å². The first-order valence-corrected chi connectivity index (χ1v) is 30.1. The summed E-state index contributed by atoms with van der Waals surface area (Å²) >= 11 is 3.67. The van der Waals surface area contributed by atoms with Crippen LogP contribution in [0.15, 0.2) is 290 Å². The van der Waals surface area contributed by atoms with Gasteiger partial charge in [-0.15, -0.1) is 22.7 Å². The van der Waals surface area contributed by atoms with E-state index in [1.54, 1.807) is 0 Å². The second-order valence-electron chi connectivity index (χ2n) is 22.2. The molecular formula is C78H48N2S2. The van der Waals surface area contributed by atoms with Crippen molar-refractivity contribution in [2.24, 2.45) is 0 Å². The highest BCUT2D eigenvalue weighted by Gasteiger charge is 2.53. The number of hydrogen-bond acceptors (Lipinski definition) is 4. The van der Waals surface area contributed by atoms with Crippen LogP contribution in [0.3, 0.4) is 0 Å². The minimum absolute atomic E-state index is 0.391. The minimum atomic E-state index is -0.404. The van der Waals surface area contributed by atoms with Crippen LogP contribution in [0.25, 0.3) is 75.8 Å². The normalized spacial score (nSPS) is 13.8. The van der Waals surface area contributed by atoms with E-state index in [1.807, 2.05) is 22.7 Å². The molecule has 0 amide bonds. The van der Waals surface area contributed by atoms with Crippen molar-refractivity contribution in [2.75, 3.05) is 9.80 Å². The Bertz CT molecular complexity index is 4810. The minimum Gasteiger partial charge on any atom is -0.310 e. The van der Waals surface area contributed by atoms with Crippen LogP contribution in [0.4, 0.5) is 34.1 Å². The average molecular weight is 1080 g/mol. The van der Waals surface area contributed by atoms with Gasteiger partial charge in [0.25, 0.3) is 0 Å². The SMILES string of the molecule is c1ccc(N(c2ccc(-c3c4ccsc4c(N(c4ccccc4)c4ccc5c(c4)-c4ccccc4C54c5ccccc5-c5ccccc54)c4ccsc34)cc2)c2ccc3c(c2)-c2ccccc2C32c3ccccc3-c3ccccc32)cc1. The van der Waals surface area contributed by atoms with Gasteiger partial charge >= 0.3 is 0 Å². The molecule has 18 rings (SSSR count). The molecule has 0 fully saturated rings. The van der Waals surface area contributed by atoms with Crippen molar-refractivity contribution in [2.45, 2.75) is 10.8 Å². The Morgan fingerprint density at radius 1 is 0.244 bits per heavy atom. The lowest BCUT2D eigenvalue weighted by Crippen LogP contribution is -2.25. The van der Waals surface area contributed by atoms with E-state index < -0.39 is 10.8 Å². The molecule has 4 aliphatic rings. The molecule has 0 radical (unpaired) electrons. The fraction of sp³-hybridized carbons (Fsp3) is 0.0256. The molecule has 0 atom stereocenters. The monoisotopic (exact) mass is 1080 g/mol. The molecule has 0 N–H and O–H groups in total. The van der Waals surface area contributed by atoms with Gasteiger partial charge in [-0.25, -0.2) is 0 Å². The van der Waals surface area contributed by atoms with E-state index in [4.69, 9.17) is 0 Å². The molecule has 0 unspecified atom stereocenters. The first-order valence-electron chi connectivity index (χ1n) is 28.3. The van der Waals surface area contributed by atoms with Gasteiger partial charge in [0.1, 0.15) is 0 Å². The molecule has 2 aromatic heterocycles. The van der Waals surface area contributed by atoms with Gasteiger partial charge in [0.05, 0.1) is 21.2 Å². The molecule has 4 aliphatic carbocycles. The van der Waals surface area contributed by atoms with Crippen LogP contribution in [-0.2, 0) is 10.8 Å². The first kappa shape index (κ1) is 46.0. The Labute approximate surface area is 484 Å². The molecule has 0 aliphatic heterocycles. The Kier molecular flexibility index (Phi) is 9.72. The summed E-state index contributed by atoms with van der Waals surface area (Å²) < 4.78 is 2.54. The summed E-state index contributed by atoms with van der Waals surface area (Å²) in [6.07, 6.45) is 0. The summed E-state index contributed by atoms with van der Waals surface area (Å²) in [4.78, 5) is 4.96. The van der Waals surface area contributed by atoms with Crippen molar-refractivity contribution in [3.05, 3.63) is 334 Å². The van der Waals surface area contributed by atoms with Gasteiger partial charge in [-0.05, 0) is 178 Å². The molecule has 14 aromatic rings. The lowest BCUT2D eigenvalue weighted by Gasteiger charge is -2.31. The van der Waals surface area contributed by atoms with Crippen molar-refractivity contribution < 1.29 is 0 Å². The molecule has 82 heavy (non-hydrogen) atoms. The molecule has 0 saturated heterocycles. The standard InChI is InChI=1S/C78H48N2S2/c1-3-19-50(20-4-1)79(53-39-41-71-63(47-53)59-27-11-17-33-69(59)77(71)65-29-13-7-23-55(65)56-24-8-14-30-66(56)77)52-37-35-49(36-38-52)73-61-43-45-82-76(61)74(62-44-46-81-75(62)73)80(51-21-5-2-6-22-51)54-40-42-72-64(48-54)60-28-12-18-34-70(60)78(72)67-31-15-9-25-57(67)58-26-10-16-32-68(58)78/h1-48H. The van der Waals surface area contributed by atoms with Gasteiger partial charge in [-0.1, -0.05) is 206 Å². The van der Waals surface area contributed by atoms with Crippen molar-refractivity contribution in [1.29, 1.82) is 0 Å². The van der Waals surface area contributed by atoms with Crippen LogP contribution in [0.1, 0.15) is 44.5 Å². The van der Waals surface area contributed by atoms with E-state index in [-0.39, 0.29) is 0 Å². The van der Waals surface area contributed by atoms with Crippen molar-refractivity contribution in [1.82, 2.24) is 0 Å². The number of thiophene rings is 2. The molecule has 12 aromatic carbocycles. The number of anilines is 6. The number of hydrogen-bond donors (Lipinski definition) is 0. The molecule has 382 valence electrons. The number of nitrogens with zero attached hydrogens (tertiary/aromatic N) is 2. The molecule has 2 nitrogen and oxygen atoms in total. The topological polar surface area (TPSA) is 6.48 Å². The van der Waals surface area contributed by atoms with Crippen LogP contribution < -0.4 is 9.80 Å². The summed E-state index contributed by atoms with van der Waals surface area (Å²) in [5.74, 6) is 0. The fourth-order valence-electron chi connectivity index (χ4n) is 15.4. The van der Waals surface area contributed by atoms with E-state index in [9.17, 15) is 0 Å². The summed E-state index contributed by atoms with van der Waals surface area (Å²) in [7, 11) is 0. The lowest BCUT2D eigenvalue weighted by atomic mass is 9.70. The number of benzene rings is 12. The predicted octanol–water partition coefficient (Wildman–Crippen LogP) is 21.4. The van der Waals surface area contributed by atoms with Crippen LogP contribution in [0, 0.1) is 0 Å². The quantitative estimate of drug-likeness (QED) is 0.157. The summed E-state index contributed by atoms with van der Waals surface area (Å²) in [6.45, 7) is 0. The molecule has 0 saturated carbocycles. The van der Waals surface area contributed by atoms with Crippen LogP contribution >= 0.6 is 22.7 Å². The predicted molar refractivity (Wildman–Crippen MR) is 345 cm³/mol. The molecule has 2 spiro atoms. The zero-order valence-electron chi connectivity index (χ0n) is 44.4. The fourth-order valence-corrected chi connectivity index (χ4v) is 17.3. The van der Waals surface area contributed by atoms with E-state index in [0.29, 0.717) is 0 Å². The van der Waals surface area contributed by atoms with Crippen molar-refractivity contribution in [3.63, 3.8) is 0 Å². The average Bonchev–Trinajstić information content (AvgIpc) is 1.67. The Balaban J connectivity index is 0.774. The number of fused-ring (bicyclic) bond motifs is 22. The van der Waals surface area contributed by atoms with Gasteiger partial charge in [0.15, 0.2) is 0 Å². The van der Waals surface area contributed by atoms with Crippen LogP contribution in [-0.4, -0.2) is 0 Å². The molecular weight excluding hydrogens is 1030 g/mol. The van der Waals surface area contributed by atoms with Crippen molar-refractivity contribution in [3.8, 4) is 55.6 Å².